The molecule has 7 heteroatoms. The van der Waals surface area contributed by atoms with Crippen LogP contribution in [0.4, 0.5) is 15.8 Å². The van der Waals surface area contributed by atoms with Gasteiger partial charge in [-0.3, -0.25) is 10.1 Å². The smallest absolute Gasteiger partial charge is 0.270 e. The summed E-state index contributed by atoms with van der Waals surface area (Å²) < 4.78 is 15.0. The standard InChI is InChI=1S/C18H14FN3O2S/c1-2-10-21-17(13-4-3-5-16(11-13)22(23)24)12-25-18(21)20-15-8-6-14(19)7-9-15/h2-9,11-12H,1,10H2. The van der Waals surface area contributed by atoms with E-state index >= 15 is 0 Å². The van der Waals surface area contributed by atoms with E-state index in [1.54, 1.807) is 24.3 Å². The third-order valence-corrected chi connectivity index (χ3v) is 4.38. The number of rotatable bonds is 5. The van der Waals surface area contributed by atoms with Crippen LogP contribution in [0.2, 0.25) is 0 Å². The Morgan fingerprint density at radius 3 is 2.72 bits per heavy atom. The highest BCUT2D eigenvalue weighted by atomic mass is 32.1. The predicted octanol–water partition coefficient (Wildman–Crippen LogP) is 4.68. The molecular weight excluding hydrogens is 341 g/mol. The summed E-state index contributed by atoms with van der Waals surface area (Å²) >= 11 is 1.41. The van der Waals surface area contributed by atoms with Gasteiger partial charge in [-0.05, 0) is 24.3 Å². The summed E-state index contributed by atoms with van der Waals surface area (Å²) in [5, 5.41) is 12.9. The third-order valence-electron chi connectivity index (χ3n) is 3.51. The van der Waals surface area contributed by atoms with Crippen LogP contribution in [0.5, 0.6) is 0 Å². The van der Waals surface area contributed by atoms with Crippen LogP contribution in [0.15, 0.2) is 71.6 Å². The molecule has 25 heavy (non-hydrogen) atoms. The lowest BCUT2D eigenvalue weighted by Gasteiger charge is -2.06. The van der Waals surface area contributed by atoms with E-state index in [4.69, 9.17) is 0 Å². The normalized spacial score (nSPS) is 11.5. The van der Waals surface area contributed by atoms with Gasteiger partial charge >= 0.3 is 0 Å². The summed E-state index contributed by atoms with van der Waals surface area (Å²) in [5.41, 5.74) is 2.21. The summed E-state index contributed by atoms with van der Waals surface area (Å²) in [6.07, 6.45) is 1.73. The van der Waals surface area contributed by atoms with Crippen molar-refractivity contribution in [1.82, 2.24) is 4.57 Å². The van der Waals surface area contributed by atoms with E-state index in [0.717, 1.165) is 11.3 Å². The van der Waals surface area contributed by atoms with Crippen molar-refractivity contribution in [1.29, 1.82) is 0 Å². The van der Waals surface area contributed by atoms with Crippen LogP contribution in [0.3, 0.4) is 0 Å². The highest BCUT2D eigenvalue weighted by Gasteiger charge is 2.11. The van der Waals surface area contributed by atoms with Crippen molar-refractivity contribution >= 4 is 22.7 Å². The summed E-state index contributed by atoms with van der Waals surface area (Å²) in [6.45, 7) is 4.26. The minimum absolute atomic E-state index is 0.0332. The van der Waals surface area contributed by atoms with Crippen molar-refractivity contribution < 1.29 is 9.31 Å². The molecule has 0 fully saturated rings. The molecule has 3 aromatic rings. The van der Waals surface area contributed by atoms with Crippen LogP contribution < -0.4 is 4.80 Å². The van der Waals surface area contributed by atoms with Crippen LogP contribution in [0.1, 0.15) is 0 Å². The average molecular weight is 355 g/mol. The van der Waals surface area contributed by atoms with Crippen LogP contribution >= 0.6 is 11.3 Å². The number of halogens is 1. The maximum absolute atomic E-state index is 13.0. The second-order valence-corrected chi connectivity index (χ2v) is 6.04. The first-order chi connectivity index (χ1) is 12.1. The maximum atomic E-state index is 13.0. The second kappa shape index (κ2) is 7.23. The van der Waals surface area contributed by atoms with Crippen LogP contribution in [0.25, 0.3) is 11.3 Å². The van der Waals surface area contributed by atoms with Gasteiger partial charge in [0.15, 0.2) is 4.80 Å². The lowest BCUT2D eigenvalue weighted by Crippen LogP contribution is -2.14. The van der Waals surface area contributed by atoms with E-state index in [2.05, 4.69) is 11.6 Å². The molecule has 1 aromatic heterocycles. The molecule has 1 heterocycles. The monoisotopic (exact) mass is 355 g/mol. The molecule has 0 aliphatic heterocycles. The Labute approximate surface area is 147 Å². The number of non-ortho nitro benzene ring substituents is 1. The van der Waals surface area contributed by atoms with Gasteiger partial charge in [0.05, 0.1) is 16.3 Å². The van der Waals surface area contributed by atoms with Crippen molar-refractivity contribution in [2.24, 2.45) is 4.99 Å². The molecule has 0 bridgehead atoms. The van der Waals surface area contributed by atoms with Crippen molar-refractivity contribution in [2.75, 3.05) is 0 Å². The summed E-state index contributed by atoms with van der Waals surface area (Å²) in [6, 6.07) is 12.4. The van der Waals surface area contributed by atoms with E-state index in [-0.39, 0.29) is 11.5 Å². The van der Waals surface area contributed by atoms with Gasteiger partial charge in [-0.15, -0.1) is 17.9 Å². The quantitative estimate of drug-likeness (QED) is 0.379. The second-order valence-electron chi connectivity index (χ2n) is 5.20. The number of nitrogens with zero attached hydrogens (tertiary/aromatic N) is 3. The zero-order chi connectivity index (χ0) is 17.8. The summed E-state index contributed by atoms with van der Waals surface area (Å²) in [4.78, 5) is 15.8. The largest absolute Gasteiger partial charge is 0.313 e. The summed E-state index contributed by atoms with van der Waals surface area (Å²) in [5.74, 6) is -0.318. The molecule has 3 rings (SSSR count). The van der Waals surface area contributed by atoms with Gasteiger partial charge in [0.25, 0.3) is 5.69 Å². The van der Waals surface area contributed by atoms with Crippen LogP contribution in [-0.4, -0.2) is 9.49 Å². The van der Waals surface area contributed by atoms with Gasteiger partial charge in [-0.25, -0.2) is 9.38 Å². The van der Waals surface area contributed by atoms with Crippen LogP contribution in [0, 0.1) is 15.9 Å². The molecule has 0 unspecified atom stereocenters. The minimum atomic E-state index is -0.419. The molecule has 0 aliphatic carbocycles. The molecule has 0 aliphatic rings. The lowest BCUT2D eigenvalue weighted by atomic mass is 10.1. The molecule has 126 valence electrons. The molecule has 0 spiro atoms. The minimum Gasteiger partial charge on any atom is -0.313 e. The van der Waals surface area contributed by atoms with Gasteiger partial charge in [0.2, 0.25) is 0 Å². The fraction of sp³-hybridized carbons (Fsp3) is 0.0556. The lowest BCUT2D eigenvalue weighted by molar-refractivity contribution is -0.384. The first kappa shape index (κ1) is 16.8. The molecule has 0 saturated heterocycles. The molecule has 0 amide bonds. The number of nitro groups is 1. The molecule has 2 aromatic carbocycles. The van der Waals surface area contributed by atoms with Crippen molar-refractivity contribution in [3.8, 4) is 11.3 Å². The number of allylic oxidation sites excluding steroid dienone is 1. The highest BCUT2D eigenvalue weighted by Crippen LogP contribution is 2.25. The molecular formula is C18H14FN3O2S. The number of benzene rings is 2. The fourth-order valence-corrected chi connectivity index (χ4v) is 3.30. The third kappa shape index (κ3) is 3.72. The van der Waals surface area contributed by atoms with Gasteiger partial charge < -0.3 is 4.57 Å². The SMILES string of the molecule is C=CCn1c(-c2cccc([N+](=O)[O-])c2)csc1=Nc1ccc(F)cc1. The Bertz CT molecular complexity index is 990. The summed E-state index contributed by atoms with van der Waals surface area (Å²) in [7, 11) is 0. The van der Waals surface area contributed by atoms with Crippen molar-refractivity contribution in [2.45, 2.75) is 6.54 Å². The Kier molecular flexibility index (Phi) is 4.85. The number of hydrogen-bond acceptors (Lipinski definition) is 4. The van der Waals surface area contributed by atoms with Gasteiger partial charge in [-0.1, -0.05) is 18.2 Å². The molecule has 0 saturated carbocycles. The van der Waals surface area contributed by atoms with Crippen molar-refractivity contribution in [3.05, 3.63) is 87.3 Å². The maximum Gasteiger partial charge on any atom is 0.270 e. The zero-order valence-corrected chi connectivity index (χ0v) is 13.9. The van der Waals surface area contributed by atoms with Gasteiger partial charge in [0.1, 0.15) is 5.82 Å². The zero-order valence-electron chi connectivity index (χ0n) is 13.1. The molecule has 0 radical (unpaired) electrons. The number of aromatic nitrogens is 1. The average Bonchev–Trinajstić information content (AvgIpc) is 3.00. The van der Waals surface area contributed by atoms with Gasteiger partial charge in [0, 0.05) is 29.6 Å². The Balaban J connectivity index is 2.11. The van der Waals surface area contributed by atoms with E-state index in [9.17, 15) is 14.5 Å². The topological polar surface area (TPSA) is 60.4 Å². The van der Waals surface area contributed by atoms with Crippen molar-refractivity contribution in [3.63, 3.8) is 0 Å². The number of thiazole rings is 1. The van der Waals surface area contributed by atoms with E-state index in [1.165, 1.54) is 35.6 Å². The molecule has 0 atom stereocenters. The van der Waals surface area contributed by atoms with E-state index in [1.807, 2.05) is 16.0 Å². The highest BCUT2D eigenvalue weighted by molar-refractivity contribution is 7.07. The molecule has 0 N–H and O–H groups in total. The molecule has 5 nitrogen and oxygen atoms in total. The fourth-order valence-electron chi connectivity index (χ4n) is 2.36. The van der Waals surface area contributed by atoms with Crippen LogP contribution in [-0.2, 0) is 6.54 Å². The Morgan fingerprint density at radius 1 is 1.28 bits per heavy atom. The number of hydrogen-bond donors (Lipinski definition) is 0. The number of nitro benzene ring substituents is 1. The van der Waals surface area contributed by atoms with E-state index < -0.39 is 4.92 Å². The predicted molar refractivity (Wildman–Crippen MR) is 96.2 cm³/mol. The van der Waals surface area contributed by atoms with E-state index in [0.29, 0.717) is 17.0 Å². The first-order valence-corrected chi connectivity index (χ1v) is 8.31. The van der Waals surface area contributed by atoms with Gasteiger partial charge in [-0.2, -0.15) is 0 Å². The Morgan fingerprint density at radius 2 is 2.04 bits per heavy atom. The first-order valence-electron chi connectivity index (χ1n) is 7.43. The Hall–Kier alpha value is -3.06.